The lowest BCUT2D eigenvalue weighted by Gasteiger charge is -2.21. The fraction of sp³-hybridized carbons (Fsp3) is 0.500. The molecule has 2 N–H and O–H groups in total. The number of rotatable bonds is 4. The van der Waals surface area contributed by atoms with Gasteiger partial charge in [-0.05, 0) is 25.8 Å². The average molecular weight is 266 g/mol. The number of hydrogen-bond acceptors (Lipinski definition) is 3. The number of carbonyl (C=O) groups is 1. The van der Waals surface area contributed by atoms with Crippen LogP contribution in [0.3, 0.4) is 0 Å². The molecular weight excluding hydrogens is 247 g/mol. The number of carbonyl (C=O) groups excluding carboxylic acids is 1. The van der Waals surface area contributed by atoms with Crippen molar-refractivity contribution < 1.29 is 14.3 Å². The standard InChI is InChI=1S/C14H19FN2O2/c1-10(14(19)17-7-2-3-8-17)16-9-11-5-4-6-12(15)13(11)18/h4-6,10,16,18H,2-3,7-9H2,1H3. The van der Waals surface area contributed by atoms with Gasteiger partial charge in [0.15, 0.2) is 11.6 Å². The van der Waals surface area contributed by atoms with Crippen molar-refractivity contribution in [2.24, 2.45) is 0 Å². The van der Waals surface area contributed by atoms with Crippen LogP contribution in [0.4, 0.5) is 4.39 Å². The number of amides is 1. The Morgan fingerprint density at radius 1 is 1.47 bits per heavy atom. The lowest BCUT2D eigenvalue weighted by Crippen LogP contribution is -2.43. The highest BCUT2D eigenvalue weighted by Gasteiger charge is 2.22. The number of halogens is 1. The first-order valence-electron chi connectivity index (χ1n) is 6.58. The van der Waals surface area contributed by atoms with Gasteiger partial charge in [-0.25, -0.2) is 4.39 Å². The molecule has 1 aliphatic heterocycles. The molecule has 1 aliphatic rings. The number of aromatic hydroxyl groups is 1. The van der Waals surface area contributed by atoms with Crippen LogP contribution in [0.5, 0.6) is 5.75 Å². The maximum Gasteiger partial charge on any atom is 0.239 e. The van der Waals surface area contributed by atoms with Crippen LogP contribution in [-0.4, -0.2) is 35.0 Å². The van der Waals surface area contributed by atoms with E-state index in [-0.39, 0.29) is 24.2 Å². The number of nitrogens with one attached hydrogen (secondary N) is 1. The largest absolute Gasteiger partial charge is 0.505 e. The van der Waals surface area contributed by atoms with Crippen molar-refractivity contribution in [3.05, 3.63) is 29.6 Å². The minimum atomic E-state index is -0.641. The van der Waals surface area contributed by atoms with Crippen molar-refractivity contribution in [2.45, 2.75) is 32.4 Å². The quantitative estimate of drug-likeness (QED) is 0.871. The summed E-state index contributed by atoms with van der Waals surface area (Å²) in [5, 5.41) is 12.6. The summed E-state index contributed by atoms with van der Waals surface area (Å²) >= 11 is 0. The second kappa shape index (κ2) is 6.02. The summed E-state index contributed by atoms with van der Waals surface area (Å²) in [6.45, 7) is 3.69. The zero-order valence-electron chi connectivity index (χ0n) is 11.0. The molecule has 1 atom stereocenters. The Morgan fingerprint density at radius 2 is 2.16 bits per heavy atom. The molecule has 1 amide bonds. The van der Waals surface area contributed by atoms with Crippen molar-refractivity contribution in [3.8, 4) is 5.75 Å². The maximum absolute atomic E-state index is 13.2. The van der Waals surface area contributed by atoms with Gasteiger partial charge in [0.05, 0.1) is 6.04 Å². The molecular formula is C14H19FN2O2. The Balaban J connectivity index is 1.90. The fourth-order valence-corrected chi connectivity index (χ4v) is 2.26. The van der Waals surface area contributed by atoms with Gasteiger partial charge in [-0.3, -0.25) is 4.79 Å². The van der Waals surface area contributed by atoms with Crippen LogP contribution in [0.25, 0.3) is 0 Å². The second-order valence-corrected chi connectivity index (χ2v) is 4.88. The number of phenols is 1. The summed E-state index contributed by atoms with van der Waals surface area (Å²) in [5.74, 6) is -0.929. The van der Waals surface area contributed by atoms with Gasteiger partial charge in [0.2, 0.25) is 5.91 Å². The summed E-state index contributed by atoms with van der Waals surface area (Å²) in [4.78, 5) is 13.9. The molecule has 0 saturated carbocycles. The lowest BCUT2D eigenvalue weighted by atomic mass is 10.1. The fourth-order valence-electron chi connectivity index (χ4n) is 2.26. The third-order valence-corrected chi connectivity index (χ3v) is 3.46. The van der Waals surface area contributed by atoms with Gasteiger partial charge >= 0.3 is 0 Å². The smallest absolute Gasteiger partial charge is 0.239 e. The average Bonchev–Trinajstić information content (AvgIpc) is 2.93. The summed E-state index contributed by atoms with van der Waals surface area (Å²) in [7, 11) is 0. The molecule has 1 aromatic rings. The Bertz CT molecular complexity index is 459. The molecule has 2 rings (SSSR count). The second-order valence-electron chi connectivity index (χ2n) is 4.88. The van der Waals surface area contributed by atoms with Gasteiger partial charge < -0.3 is 15.3 Å². The van der Waals surface area contributed by atoms with Crippen LogP contribution < -0.4 is 5.32 Å². The highest BCUT2D eigenvalue weighted by Crippen LogP contribution is 2.20. The number of nitrogens with zero attached hydrogens (tertiary/aromatic N) is 1. The van der Waals surface area contributed by atoms with Crippen LogP contribution in [0.15, 0.2) is 18.2 Å². The predicted molar refractivity (Wildman–Crippen MR) is 70.2 cm³/mol. The van der Waals surface area contributed by atoms with E-state index in [1.54, 1.807) is 19.1 Å². The molecule has 1 saturated heterocycles. The predicted octanol–water partition coefficient (Wildman–Crippen LogP) is 1.63. The van der Waals surface area contributed by atoms with Crippen molar-refractivity contribution in [1.82, 2.24) is 10.2 Å². The van der Waals surface area contributed by atoms with E-state index >= 15 is 0 Å². The molecule has 1 fully saturated rings. The van der Waals surface area contributed by atoms with Crippen LogP contribution in [-0.2, 0) is 11.3 Å². The van der Waals surface area contributed by atoms with Crippen molar-refractivity contribution in [3.63, 3.8) is 0 Å². The van der Waals surface area contributed by atoms with E-state index in [0.29, 0.717) is 5.56 Å². The van der Waals surface area contributed by atoms with Crippen molar-refractivity contribution in [2.75, 3.05) is 13.1 Å². The molecule has 0 spiro atoms. The van der Waals surface area contributed by atoms with Gasteiger partial charge in [-0.2, -0.15) is 0 Å². The Labute approximate surface area is 112 Å². The van der Waals surface area contributed by atoms with Crippen LogP contribution in [0.2, 0.25) is 0 Å². The summed E-state index contributed by atoms with van der Waals surface area (Å²) < 4.78 is 13.2. The Morgan fingerprint density at radius 3 is 2.84 bits per heavy atom. The number of likely N-dealkylation sites (tertiary alicyclic amines) is 1. The molecule has 19 heavy (non-hydrogen) atoms. The minimum Gasteiger partial charge on any atom is -0.505 e. The molecule has 0 aliphatic carbocycles. The zero-order valence-corrected chi connectivity index (χ0v) is 11.0. The van der Waals surface area contributed by atoms with E-state index in [1.165, 1.54) is 6.07 Å². The molecule has 4 nitrogen and oxygen atoms in total. The normalized spacial score (nSPS) is 16.6. The Kier molecular flexibility index (Phi) is 4.37. The number of phenolic OH excluding ortho intramolecular Hbond substituents is 1. The molecule has 104 valence electrons. The van der Waals surface area contributed by atoms with E-state index in [4.69, 9.17) is 0 Å². The first kappa shape index (κ1) is 13.8. The molecule has 1 aromatic carbocycles. The molecule has 1 heterocycles. The highest BCUT2D eigenvalue weighted by molar-refractivity contribution is 5.81. The first-order chi connectivity index (χ1) is 9.09. The Hall–Kier alpha value is -1.62. The minimum absolute atomic E-state index is 0.0633. The lowest BCUT2D eigenvalue weighted by molar-refractivity contribution is -0.131. The molecule has 0 aromatic heterocycles. The van der Waals surface area contributed by atoms with Crippen molar-refractivity contribution >= 4 is 5.91 Å². The number of para-hydroxylation sites is 1. The van der Waals surface area contributed by atoms with Gasteiger partial charge in [0.1, 0.15) is 0 Å². The van der Waals surface area contributed by atoms with Crippen LogP contribution in [0.1, 0.15) is 25.3 Å². The third kappa shape index (κ3) is 3.23. The summed E-state index contributed by atoms with van der Waals surface area (Å²) in [5.41, 5.74) is 0.459. The summed E-state index contributed by atoms with van der Waals surface area (Å²) in [6.07, 6.45) is 2.12. The van der Waals surface area contributed by atoms with E-state index in [0.717, 1.165) is 25.9 Å². The van der Waals surface area contributed by atoms with E-state index < -0.39 is 5.82 Å². The highest BCUT2D eigenvalue weighted by atomic mass is 19.1. The van der Waals surface area contributed by atoms with Crippen molar-refractivity contribution in [1.29, 1.82) is 0 Å². The SMILES string of the molecule is CC(NCc1cccc(F)c1O)C(=O)N1CCCC1. The zero-order chi connectivity index (χ0) is 13.8. The molecule has 5 heteroatoms. The molecule has 0 radical (unpaired) electrons. The van der Waals surface area contributed by atoms with Gasteiger partial charge in [-0.15, -0.1) is 0 Å². The van der Waals surface area contributed by atoms with E-state index in [2.05, 4.69) is 5.32 Å². The van der Waals surface area contributed by atoms with E-state index in [9.17, 15) is 14.3 Å². The maximum atomic E-state index is 13.2. The van der Waals surface area contributed by atoms with Gasteiger partial charge in [0, 0.05) is 25.2 Å². The van der Waals surface area contributed by atoms with E-state index in [1.807, 2.05) is 4.90 Å². The van der Waals surface area contributed by atoms with Gasteiger partial charge in [0.25, 0.3) is 0 Å². The molecule has 1 unspecified atom stereocenters. The number of hydrogen-bond donors (Lipinski definition) is 2. The molecule has 0 bridgehead atoms. The number of benzene rings is 1. The van der Waals surface area contributed by atoms with Gasteiger partial charge in [-0.1, -0.05) is 12.1 Å². The van der Waals surface area contributed by atoms with Crippen LogP contribution >= 0.6 is 0 Å². The first-order valence-corrected chi connectivity index (χ1v) is 6.58. The topological polar surface area (TPSA) is 52.6 Å². The third-order valence-electron chi connectivity index (χ3n) is 3.46. The summed E-state index contributed by atoms with van der Waals surface area (Å²) in [6, 6.07) is 4.05. The van der Waals surface area contributed by atoms with Crippen LogP contribution in [0, 0.1) is 5.82 Å². The monoisotopic (exact) mass is 266 g/mol.